The van der Waals surface area contributed by atoms with Gasteiger partial charge in [0.05, 0.1) is 23.4 Å². The van der Waals surface area contributed by atoms with Crippen LogP contribution in [0.25, 0.3) is 0 Å². The molecule has 0 unspecified atom stereocenters. The molecule has 0 spiro atoms. The van der Waals surface area contributed by atoms with Crippen LogP contribution in [0.5, 0.6) is 0 Å². The monoisotopic (exact) mass is 280 g/mol. The molecule has 2 amide bonds. The van der Waals surface area contributed by atoms with Crippen LogP contribution in [0.2, 0.25) is 0 Å². The van der Waals surface area contributed by atoms with Crippen molar-refractivity contribution in [1.29, 1.82) is 0 Å². The van der Waals surface area contributed by atoms with E-state index in [1.54, 1.807) is 30.5 Å². The van der Waals surface area contributed by atoms with Crippen LogP contribution in [0.15, 0.2) is 42.6 Å². The van der Waals surface area contributed by atoms with Crippen molar-refractivity contribution in [3.05, 3.63) is 65.0 Å². The van der Waals surface area contributed by atoms with Crippen LogP contribution < -0.4 is 0 Å². The van der Waals surface area contributed by atoms with Gasteiger partial charge in [-0.2, -0.15) is 0 Å². The van der Waals surface area contributed by atoms with E-state index in [1.165, 1.54) is 19.1 Å². The first-order valence-corrected chi connectivity index (χ1v) is 6.49. The average Bonchev–Trinajstić information content (AvgIpc) is 2.73. The fourth-order valence-electron chi connectivity index (χ4n) is 2.31. The van der Waals surface area contributed by atoms with Gasteiger partial charge in [0.25, 0.3) is 11.8 Å². The summed E-state index contributed by atoms with van der Waals surface area (Å²) in [5.41, 5.74) is 1.68. The number of ketones is 1. The smallest absolute Gasteiger partial charge is 0.261 e. The minimum atomic E-state index is -0.385. The quantitative estimate of drug-likeness (QED) is 0.637. The first-order valence-electron chi connectivity index (χ1n) is 6.49. The van der Waals surface area contributed by atoms with Gasteiger partial charge in [0.15, 0.2) is 5.78 Å². The minimum Gasteiger partial charge on any atom is -0.295 e. The van der Waals surface area contributed by atoms with Crippen LogP contribution in [0.3, 0.4) is 0 Å². The van der Waals surface area contributed by atoms with Gasteiger partial charge in [-0.3, -0.25) is 24.3 Å². The van der Waals surface area contributed by atoms with E-state index in [0.29, 0.717) is 16.8 Å². The highest BCUT2D eigenvalue weighted by atomic mass is 16.2. The third-order valence-corrected chi connectivity index (χ3v) is 3.42. The Morgan fingerprint density at radius 1 is 1.10 bits per heavy atom. The number of pyridine rings is 1. The van der Waals surface area contributed by atoms with E-state index in [0.717, 1.165) is 4.90 Å². The topological polar surface area (TPSA) is 67.3 Å². The van der Waals surface area contributed by atoms with Crippen molar-refractivity contribution in [2.45, 2.75) is 13.5 Å². The van der Waals surface area contributed by atoms with Crippen molar-refractivity contribution < 1.29 is 14.4 Å². The number of imide groups is 1. The number of hydrogen-bond donors (Lipinski definition) is 0. The van der Waals surface area contributed by atoms with Crippen molar-refractivity contribution in [3.63, 3.8) is 0 Å². The van der Waals surface area contributed by atoms with Gasteiger partial charge in [0.2, 0.25) is 0 Å². The second kappa shape index (κ2) is 4.94. The molecule has 5 nitrogen and oxygen atoms in total. The van der Waals surface area contributed by atoms with Crippen LogP contribution in [-0.2, 0) is 6.54 Å². The van der Waals surface area contributed by atoms with E-state index in [1.807, 2.05) is 0 Å². The van der Waals surface area contributed by atoms with E-state index in [2.05, 4.69) is 4.98 Å². The Labute approximate surface area is 121 Å². The summed E-state index contributed by atoms with van der Waals surface area (Å²) in [5, 5.41) is 0. The highest BCUT2D eigenvalue weighted by Gasteiger charge is 2.35. The fraction of sp³-hybridized carbons (Fsp3) is 0.125. The Bertz CT molecular complexity index is 753. The normalized spacial score (nSPS) is 13.5. The number of hydrogen-bond acceptors (Lipinski definition) is 4. The summed E-state index contributed by atoms with van der Waals surface area (Å²) in [6.07, 6.45) is 1.61. The summed E-state index contributed by atoms with van der Waals surface area (Å²) in [7, 11) is 0. The Hall–Kier alpha value is -2.82. The minimum absolute atomic E-state index is 0.128. The Balaban J connectivity index is 1.95. The van der Waals surface area contributed by atoms with Gasteiger partial charge >= 0.3 is 0 Å². The molecular formula is C16H12N2O3. The third-order valence-electron chi connectivity index (χ3n) is 3.42. The van der Waals surface area contributed by atoms with Crippen molar-refractivity contribution in [1.82, 2.24) is 9.88 Å². The maximum atomic E-state index is 12.4. The number of benzene rings is 1. The van der Waals surface area contributed by atoms with Crippen LogP contribution in [0.1, 0.15) is 43.7 Å². The van der Waals surface area contributed by atoms with Crippen molar-refractivity contribution in [2.75, 3.05) is 0 Å². The molecular weight excluding hydrogens is 268 g/mol. The molecule has 21 heavy (non-hydrogen) atoms. The van der Waals surface area contributed by atoms with Gasteiger partial charge in [-0.05, 0) is 31.2 Å². The van der Waals surface area contributed by atoms with Crippen molar-refractivity contribution in [3.8, 4) is 0 Å². The molecule has 0 saturated heterocycles. The molecule has 0 radical (unpaired) electrons. The number of nitrogens with zero attached hydrogens (tertiary/aromatic N) is 2. The first kappa shape index (κ1) is 13.2. The lowest BCUT2D eigenvalue weighted by molar-refractivity contribution is 0.0640. The largest absolute Gasteiger partial charge is 0.295 e. The maximum Gasteiger partial charge on any atom is 0.261 e. The lowest BCUT2D eigenvalue weighted by Gasteiger charge is -2.12. The molecule has 3 rings (SSSR count). The molecule has 0 aliphatic carbocycles. The van der Waals surface area contributed by atoms with Gasteiger partial charge < -0.3 is 0 Å². The van der Waals surface area contributed by atoms with E-state index in [-0.39, 0.29) is 29.7 Å². The Morgan fingerprint density at radius 3 is 2.52 bits per heavy atom. The Morgan fingerprint density at radius 2 is 1.86 bits per heavy atom. The van der Waals surface area contributed by atoms with Gasteiger partial charge in [-0.1, -0.05) is 12.1 Å². The van der Waals surface area contributed by atoms with Crippen LogP contribution in [0.4, 0.5) is 0 Å². The zero-order chi connectivity index (χ0) is 15.0. The summed E-state index contributed by atoms with van der Waals surface area (Å²) in [6, 6.07) is 9.90. The first-order chi connectivity index (χ1) is 10.1. The summed E-state index contributed by atoms with van der Waals surface area (Å²) < 4.78 is 0. The zero-order valence-corrected chi connectivity index (χ0v) is 11.4. The lowest BCUT2D eigenvalue weighted by atomic mass is 10.0. The fourth-order valence-corrected chi connectivity index (χ4v) is 2.31. The molecule has 0 N–H and O–H groups in total. The molecule has 0 saturated carbocycles. The van der Waals surface area contributed by atoms with Crippen LogP contribution in [0, 0.1) is 0 Å². The second-order valence-corrected chi connectivity index (χ2v) is 4.83. The molecule has 1 aliphatic heterocycles. The zero-order valence-electron chi connectivity index (χ0n) is 11.4. The number of carbonyl (C=O) groups excluding carboxylic acids is 3. The molecule has 1 aromatic heterocycles. The van der Waals surface area contributed by atoms with Gasteiger partial charge in [0, 0.05) is 11.8 Å². The predicted octanol–water partition coefficient (Wildman–Crippen LogP) is 2.08. The van der Waals surface area contributed by atoms with Crippen LogP contribution >= 0.6 is 0 Å². The molecule has 2 heterocycles. The van der Waals surface area contributed by atoms with Gasteiger partial charge in [0.1, 0.15) is 0 Å². The lowest BCUT2D eigenvalue weighted by Crippen LogP contribution is -2.29. The van der Waals surface area contributed by atoms with E-state index in [4.69, 9.17) is 0 Å². The number of fused-ring (bicyclic) bond motifs is 1. The SMILES string of the molecule is CC(=O)c1ccc2c(c1)C(=O)N(Cc1ccccn1)C2=O. The van der Waals surface area contributed by atoms with E-state index >= 15 is 0 Å². The van der Waals surface area contributed by atoms with E-state index in [9.17, 15) is 14.4 Å². The van der Waals surface area contributed by atoms with Gasteiger partial charge in [-0.25, -0.2) is 0 Å². The third kappa shape index (κ3) is 2.23. The molecule has 104 valence electrons. The Kier molecular flexibility index (Phi) is 3.10. The summed E-state index contributed by atoms with van der Waals surface area (Å²) in [5.74, 6) is -0.874. The molecule has 0 atom stereocenters. The number of amides is 2. The molecule has 5 heteroatoms. The second-order valence-electron chi connectivity index (χ2n) is 4.83. The van der Waals surface area contributed by atoms with Crippen molar-refractivity contribution >= 4 is 17.6 Å². The van der Waals surface area contributed by atoms with E-state index < -0.39 is 0 Å². The van der Waals surface area contributed by atoms with Crippen molar-refractivity contribution in [2.24, 2.45) is 0 Å². The van der Waals surface area contributed by atoms with Crippen LogP contribution in [-0.4, -0.2) is 27.5 Å². The predicted molar refractivity (Wildman–Crippen MR) is 74.9 cm³/mol. The summed E-state index contributed by atoms with van der Waals surface area (Å²) in [6.45, 7) is 1.55. The average molecular weight is 280 g/mol. The highest BCUT2D eigenvalue weighted by molar-refractivity contribution is 6.21. The maximum absolute atomic E-state index is 12.4. The highest BCUT2D eigenvalue weighted by Crippen LogP contribution is 2.25. The van der Waals surface area contributed by atoms with Gasteiger partial charge in [-0.15, -0.1) is 0 Å². The molecule has 0 fully saturated rings. The summed E-state index contributed by atoms with van der Waals surface area (Å²) in [4.78, 5) is 41.3. The number of aromatic nitrogens is 1. The summed E-state index contributed by atoms with van der Waals surface area (Å²) >= 11 is 0. The molecule has 1 aliphatic rings. The molecule has 0 bridgehead atoms. The molecule has 1 aromatic carbocycles. The number of Topliss-reactive ketones (excluding diaryl/α,β-unsaturated/α-hetero) is 1. The number of carbonyl (C=O) groups is 3. The number of rotatable bonds is 3. The standard InChI is InChI=1S/C16H12N2O3/c1-10(19)11-5-6-13-14(8-11)16(21)18(15(13)20)9-12-4-2-3-7-17-12/h2-8H,9H2,1H3. The molecule has 2 aromatic rings.